The van der Waals surface area contributed by atoms with Gasteiger partial charge in [-0.2, -0.15) is 0 Å². The van der Waals surface area contributed by atoms with Crippen molar-refractivity contribution in [3.8, 4) is 40.1 Å². The second-order valence-electron chi connectivity index (χ2n) is 7.81. The van der Waals surface area contributed by atoms with Gasteiger partial charge < -0.3 is 54.0 Å². The Balaban J connectivity index is 1.85. The van der Waals surface area contributed by atoms with E-state index in [9.17, 15) is 40.2 Å². The van der Waals surface area contributed by atoms with Crippen molar-refractivity contribution in [2.75, 3.05) is 14.2 Å². The number of benzene rings is 2. The van der Waals surface area contributed by atoms with Gasteiger partial charge >= 0.3 is 5.97 Å². The van der Waals surface area contributed by atoms with E-state index in [0.29, 0.717) is 0 Å². The third-order valence-corrected chi connectivity index (χ3v) is 5.63. The number of methoxy groups -OCH3 is 2. The van der Waals surface area contributed by atoms with E-state index in [1.54, 1.807) is 0 Å². The topological polar surface area (TPSA) is 206 Å². The number of hydrogen-bond acceptors (Lipinski definition) is 12. The van der Waals surface area contributed by atoms with Gasteiger partial charge in [-0.3, -0.25) is 4.79 Å². The van der Waals surface area contributed by atoms with Crippen LogP contribution in [0.4, 0.5) is 0 Å². The summed E-state index contributed by atoms with van der Waals surface area (Å²) in [4.78, 5) is 24.3. The van der Waals surface area contributed by atoms with Crippen LogP contribution in [0.2, 0.25) is 0 Å². The molecule has 2 heterocycles. The van der Waals surface area contributed by atoms with Crippen LogP contribution in [-0.2, 0) is 9.53 Å². The Hall–Kier alpha value is -4.04. The third-order valence-electron chi connectivity index (χ3n) is 5.63. The Morgan fingerprint density at radius 3 is 2.31 bits per heavy atom. The van der Waals surface area contributed by atoms with Crippen LogP contribution in [0.5, 0.6) is 28.7 Å². The van der Waals surface area contributed by atoms with Crippen LogP contribution in [0.1, 0.15) is 0 Å². The molecule has 36 heavy (non-hydrogen) atoms. The summed E-state index contributed by atoms with van der Waals surface area (Å²) in [7, 11) is 2.60. The maximum atomic E-state index is 12.9. The predicted octanol–water partition coefficient (Wildman–Crippen LogP) is 0.159. The van der Waals surface area contributed by atoms with Crippen molar-refractivity contribution in [1.82, 2.24) is 0 Å². The lowest BCUT2D eigenvalue weighted by Gasteiger charge is -2.38. The lowest BCUT2D eigenvalue weighted by Crippen LogP contribution is -2.61. The van der Waals surface area contributed by atoms with Crippen molar-refractivity contribution < 1.29 is 58.8 Å². The van der Waals surface area contributed by atoms with E-state index < -0.39 is 53.6 Å². The van der Waals surface area contributed by atoms with Gasteiger partial charge in [-0.05, 0) is 12.1 Å². The number of phenolic OH excluding ortho intramolecular Hbond substituents is 2. The molecule has 0 aliphatic carbocycles. The fourth-order valence-corrected chi connectivity index (χ4v) is 3.88. The van der Waals surface area contributed by atoms with E-state index in [2.05, 4.69) is 0 Å². The summed E-state index contributed by atoms with van der Waals surface area (Å²) in [6.45, 7) is 0. The van der Waals surface area contributed by atoms with Crippen LogP contribution >= 0.6 is 0 Å². The van der Waals surface area contributed by atoms with Gasteiger partial charge in [0, 0.05) is 12.1 Å². The number of carboxylic acids is 1. The summed E-state index contributed by atoms with van der Waals surface area (Å²) in [5.41, 5.74) is -1.12. The summed E-state index contributed by atoms with van der Waals surface area (Å²) < 4.78 is 27.0. The molecule has 2 unspecified atom stereocenters. The Bertz CT molecular complexity index is 1360. The number of aliphatic hydroxyl groups is 3. The zero-order chi connectivity index (χ0) is 26.3. The number of phenols is 2. The molecule has 0 amide bonds. The second-order valence-corrected chi connectivity index (χ2v) is 7.81. The first-order valence-electron chi connectivity index (χ1n) is 10.4. The predicted molar refractivity (Wildman–Crippen MR) is 119 cm³/mol. The van der Waals surface area contributed by atoms with Crippen molar-refractivity contribution in [2.24, 2.45) is 0 Å². The first-order valence-corrected chi connectivity index (χ1v) is 10.4. The zero-order valence-corrected chi connectivity index (χ0v) is 18.8. The van der Waals surface area contributed by atoms with E-state index in [0.717, 1.165) is 6.07 Å². The molecule has 13 nitrogen and oxygen atoms in total. The quantitative estimate of drug-likeness (QED) is 0.264. The number of aliphatic hydroxyl groups excluding tert-OH is 3. The zero-order valence-electron chi connectivity index (χ0n) is 18.8. The molecular formula is C23H22O13. The molecule has 1 fully saturated rings. The normalized spacial score (nSPS) is 23.9. The van der Waals surface area contributed by atoms with E-state index in [-0.39, 0.29) is 39.5 Å². The summed E-state index contributed by atoms with van der Waals surface area (Å²) in [6.07, 6.45) is -9.46. The SMILES string of the molecule is COc1cc(O)c2c(=O)cc(-c3c(O)cccc3O[C@@H]3O[C@@H](C(=O)O)[C@@H](O)C(O)C3O)oc2c1OC. The van der Waals surface area contributed by atoms with Gasteiger partial charge in [0.1, 0.15) is 52.3 Å². The summed E-state index contributed by atoms with van der Waals surface area (Å²) in [5, 5.41) is 60.2. The maximum Gasteiger partial charge on any atom is 0.335 e. The number of carbonyl (C=O) groups is 1. The largest absolute Gasteiger partial charge is 0.507 e. The molecule has 1 aromatic heterocycles. The van der Waals surface area contributed by atoms with Crippen molar-refractivity contribution in [3.63, 3.8) is 0 Å². The van der Waals surface area contributed by atoms with E-state index in [1.807, 2.05) is 0 Å². The van der Waals surface area contributed by atoms with Crippen LogP contribution in [0.15, 0.2) is 39.5 Å². The Labute approximate surface area is 201 Å². The minimum atomic E-state index is -1.94. The van der Waals surface area contributed by atoms with E-state index in [4.69, 9.17) is 23.4 Å². The fraction of sp³-hybridized carbons (Fsp3) is 0.304. The molecule has 4 rings (SSSR count). The van der Waals surface area contributed by atoms with Gasteiger partial charge in [0.05, 0.1) is 14.2 Å². The van der Waals surface area contributed by atoms with Crippen LogP contribution in [-0.4, -0.2) is 81.5 Å². The van der Waals surface area contributed by atoms with Crippen LogP contribution in [0.25, 0.3) is 22.3 Å². The fourth-order valence-electron chi connectivity index (χ4n) is 3.88. The van der Waals surface area contributed by atoms with Crippen LogP contribution in [0, 0.1) is 0 Å². The first-order chi connectivity index (χ1) is 17.1. The van der Waals surface area contributed by atoms with Gasteiger partial charge in [0.25, 0.3) is 0 Å². The van der Waals surface area contributed by atoms with Crippen molar-refractivity contribution >= 4 is 16.9 Å². The number of fused-ring (bicyclic) bond motifs is 1. The van der Waals surface area contributed by atoms with Crippen molar-refractivity contribution in [1.29, 1.82) is 0 Å². The van der Waals surface area contributed by atoms with E-state index in [1.165, 1.54) is 38.5 Å². The van der Waals surface area contributed by atoms with Crippen LogP contribution < -0.4 is 19.6 Å². The van der Waals surface area contributed by atoms with Crippen molar-refractivity contribution in [3.05, 3.63) is 40.6 Å². The number of aromatic hydroxyl groups is 2. The lowest BCUT2D eigenvalue weighted by atomic mass is 9.99. The number of hydrogen-bond donors (Lipinski definition) is 6. The molecule has 0 radical (unpaired) electrons. The molecule has 2 aromatic carbocycles. The smallest absolute Gasteiger partial charge is 0.335 e. The minimum Gasteiger partial charge on any atom is -0.507 e. The number of ether oxygens (including phenoxy) is 4. The molecule has 6 N–H and O–H groups in total. The number of rotatable bonds is 6. The molecule has 0 bridgehead atoms. The molecule has 5 atom stereocenters. The maximum absolute atomic E-state index is 12.9. The molecule has 1 aliphatic heterocycles. The molecular weight excluding hydrogens is 484 g/mol. The Kier molecular flexibility index (Phi) is 6.65. The van der Waals surface area contributed by atoms with Gasteiger partial charge in [0.15, 0.2) is 22.9 Å². The summed E-state index contributed by atoms with van der Waals surface area (Å²) in [5.74, 6) is -2.95. The average Bonchev–Trinajstić information content (AvgIpc) is 2.83. The van der Waals surface area contributed by atoms with E-state index >= 15 is 0 Å². The van der Waals surface area contributed by atoms with Gasteiger partial charge in [0.2, 0.25) is 12.0 Å². The highest BCUT2D eigenvalue weighted by Crippen LogP contribution is 2.44. The van der Waals surface area contributed by atoms with Crippen molar-refractivity contribution in [2.45, 2.75) is 30.7 Å². The van der Waals surface area contributed by atoms with Gasteiger partial charge in [-0.25, -0.2) is 4.79 Å². The van der Waals surface area contributed by atoms with Crippen LogP contribution in [0.3, 0.4) is 0 Å². The highest BCUT2D eigenvalue weighted by atomic mass is 16.7. The lowest BCUT2D eigenvalue weighted by molar-refractivity contribution is -0.271. The third kappa shape index (κ3) is 4.13. The number of aliphatic carboxylic acids is 1. The summed E-state index contributed by atoms with van der Waals surface area (Å²) in [6, 6.07) is 6.02. The summed E-state index contributed by atoms with van der Waals surface area (Å²) >= 11 is 0. The molecule has 192 valence electrons. The minimum absolute atomic E-state index is 0.0189. The second kappa shape index (κ2) is 9.54. The molecule has 13 heteroatoms. The van der Waals surface area contributed by atoms with Gasteiger partial charge in [-0.1, -0.05) is 6.07 Å². The number of carboxylic acid groups (broad SMARTS) is 1. The molecule has 3 aromatic rings. The average molecular weight is 506 g/mol. The molecule has 0 saturated carbocycles. The molecule has 0 spiro atoms. The standard InChI is InChI=1S/C23H22O13/c1-32-13-7-10(26)14-9(25)6-12(34-20(14)19(13)33-2)15-8(24)4-3-5-11(15)35-23-18(29)16(27)17(28)21(36-23)22(30)31/h3-7,16-18,21,23-24,26-29H,1-2H3,(H,30,31)/t16?,17-,18?,21+,23+/m0/s1. The highest BCUT2D eigenvalue weighted by molar-refractivity contribution is 5.92. The Morgan fingerprint density at radius 1 is 0.944 bits per heavy atom. The Morgan fingerprint density at radius 2 is 1.67 bits per heavy atom. The highest BCUT2D eigenvalue weighted by Gasteiger charge is 2.48. The molecule has 1 saturated heterocycles. The monoisotopic (exact) mass is 506 g/mol. The van der Waals surface area contributed by atoms with Gasteiger partial charge in [-0.15, -0.1) is 0 Å². The first kappa shape index (κ1) is 25.1. The molecule has 1 aliphatic rings.